The van der Waals surface area contributed by atoms with Gasteiger partial charge in [0.1, 0.15) is 6.10 Å². The van der Waals surface area contributed by atoms with Crippen molar-refractivity contribution < 1.29 is 14.3 Å². The van der Waals surface area contributed by atoms with E-state index in [0.717, 1.165) is 51.8 Å². The lowest BCUT2D eigenvalue weighted by molar-refractivity contribution is -0.171. The van der Waals surface area contributed by atoms with E-state index >= 15 is 0 Å². The summed E-state index contributed by atoms with van der Waals surface area (Å²) >= 11 is 0. The predicted octanol–water partition coefficient (Wildman–Crippen LogP) is 0.193. The Morgan fingerprint density at radius 1 is 1.33 bits per heavy atom. The third kappa shape index (κ3) is 2.53. The molecule has 0 saturated carbocycles. The molecule has 0 aromatic heterocycles. The maximum Gasteiger partial charge on any atom is 0.249 e. The first-order valence-electron chi connectivity index (χ1n) is 7.05. The average molecular weight is 254 g/mol. The molecule has 2 N–H and O–H groups in total. The lowest BCUT2D eigenvalue weighted by atomic mass is 9.86. The van der Waals surface area contributed by atoms with Crippen LogP contribution in [0.1, 0.15) is 32.1 Å². The minimum atomic E-state index is -0.262. The fraction of sp³-hybridized carbons (Fsp3) is 0.923. The number of ether oxygens (including phenoxy) is 2. The highest BCUT2D eigenvalue weighted by Crippen LogP contribution is 2.31. The summed E-state index contributed by atoms with van der Waals surface area (Å²) in [4.78, 5) is 12.1. The van der Waals surface area contributed by atoms with Gasteiger partial charge in [0.25, 0.3) is 0 Å². The lowest BCUT2D eigenvalue weighted by Crippen LogP contribution is -2.64. The molecular weight excluding hydrogens is 232 g/mol. The molecule has 0 bridgehead atoms. The van der Waals surface area contributed by atoms with E-state index in [4.69, 9.17) is 9.47 Å². The molecule has 5 nitrogen and oxygen atoms in total. The maximum atomic E-state index is 12.1. The fourth-order valence-corrected chi connectivity index (χ4v) is 3.01. The summed E-state index contributed by atoms with van der Waals surface area (Å²) in [5, 5.41) is 6.20. The largest absolute Gasteiger partial charge is 0.376 e. The van der Waals surface area contributed by atoms with E-state index in [1.807, 2.05) is 0 Å². The Morgan fingerprint density at radius 2 is 2.22 bits per heavy atom. The molecule has 3 heterocycles. The van der Waals surface area contributed by atoms with Crippen LogP contribution in [-0.4, -0.2) is 50.0 Å². The van der Waals surface area contributed by atoms with Gasteiger partial charge in [0, 0.05) is 26.2 Å². The first kappa shape index (κ1) is 12.4. The highest BCUT2D eigenvalue weighted by molar-refractivity contribution is 5.80. The van der Waals surface area contributed by atoms with Crippen LogP contribution in [0.2, 0.25) is 0 Å². The summed E-state index contributed by atoms with van der Waals surface area (Å²) in [6.07, 6.45) is 5.11. The molecule has 1 spiro atoms. The molecule has 3 aliphatic heterocycles. The monoisotopic (exact) mass is 254 g/mol. The van der Waals surface area contributed by atoms with Crippen LogP contribution < -0.4 is 10.6 Å². The Kier molecular flexibility index (Phi) is 3.54. The van der Waals surface area contributed by atoms with Crippen LogP contribution in [0, 0.1) is 0 Å². The standard InChI is InChI=1S/C13H22N2O3/c16-12(15-7-10-3-2-6-17-10)11-4-1-5-13(18-11)8-14-9-13/h10-11,14H,1-9H2,(H,15,16)/t10-,11-/m1/s1. The van der Waals surface area contributed by atoms with Crippen molar-refractivity contribution in [1.29, 1.82) is 0 Å². The third-order valence-corrected chi connectivity index (χ3v) is 4.21. The molecule has 3 rings (SSSR count). The van der Waals surface area contributed by atoms with Crippen LogP contribution in [0.25, 0.3) is 0 Å². The van der Waals surface area contributed by atoms with Crippen molar-refractivity contribution in [2.24, 2.45) is 0 Å². The van der Waals surface area contributed by atoms with Gasteiger partial charge in [-0.05, 0) is 32.1 Å². The van der Waals surface area contributed by atoms with Gasteiger partial charge in [-0.2, -0.15) is 0 Å². The summed E-state index contributed by atoms with van der Waals surface area (Å²) in [5.41, 5.74) is -0.0515. The van der Waals surface area contributed by atoms with E-state index in [9.17, 15) is 4.79 Å². The summed E-state index contributed by atoms with van der Waals surface area (Å²) < 4.78 is 11.5. The summed E-state index contributed by atoms with van der Waals surface area (Å²) in [6.45, 7) is 3.24. The Labute approximate surface area is 108 Å². The third-order valence-electron chi connectivity index (χ3n) is 4.21. The van der Waals surface area contributed by atoms with Gasteiger partial charge in [-0.25, -0.2) is 0 Å². The van der Waals surface area contributed by atoms with Crippen LogP contribution in [0.3, 0.4) is 0 Å². The number of rotatable bonds is 3. The first-order chi connectivity index (χ1) is 8.77. The summed E-state index contributed by atoms with van der Waals surface area (Å²) in [7, 11) is 0. The summed E-state index contributed by atoms with van der Waals surface area (Å²) in [6, 6.07) is 0. The van der Waals surface area contributed by atoms with Gasteiger partial charge in [0.2, 0.25) is 5.91 Å². The molecule has 0 radical (unpaired) electrons. The maximum absolute atomic E-state index is 12.1. The Hall–Kier alpha value is -0.650. The van der Waals surface area contributed by atoms with Crippen molar-refractivity contribution in [2.75, 3.05) is 26.2 Å². The Morgan fingerprint density at radius 3 is 2.89 bits per heavy atom. The molecule has 2 atom stereocenters. The highest BCUT2D eigenvalue weighted by atomic mass is 16.5. The van der Waals surface area contributed by atoms with Crippen molar-refractivity contribution in [3.63, 3.8) is 0 Å². The number of hydrogen-bond donors (Lipinski definition) is 2. The zero-order valence-corrected chi connectivity index (χ0v) is 10.7. The van der Waals surface area contributed by atoms with Crippen molar-refractivity contribution in [2.45, 2.75) is 49.9 Å². The van der Waals surface area contributed by atoms with Crippen molar-refractivity contribution in [1.82, 2.24) is 10.6 Å². The van der Waals surface area contributed by atoms with Gasteiger partial charge in [-0.1, -0.05) is 0 Å². The zero-order valence-electron chi connectivity index (χ0n) is 10.7. The minimum absolute atomic E-state index is 0.0384. The number of hydrogen-bond acceptors (Lipinski definition) is 4. The fourth-order valence-electron chi connectivity index (χ4n) is 3.01. The van der Waals surface area contributed by atoms with Gasteiger partial charge >= 0.3 is 0 Å². The zero-order chi connectivity index (χ0) is 12.4. The number of nitrogens with one attached hydrogen (secondary N) is 2. The number of amides is 1. The SMILES string of the molecule is O=C(NC[C@H]1CCCO1)[C@H]1CCCC2(CNC2)O1. The van der Waals surface area contributed by atoms with Crippen molar-refractivity contribution in [3.05, 3.63) is 0 Å². The van der Waals surface area contributed by atoms with E-state index in [-0.39, 0.29) is 23.7 Å². The Balaban J connectivity index is 1.46. The first-order valence-corrected chi connectivity index (χ1v) is 7.05. The molecule has 3 saturated heterocycles. The highest BCUT2D eigenvalue weighted by Gasteiger charge is 2.44. The Bertz CT molecular complexity index is 311. The summed E-state index contributed by atoms with van der Waals surface area (Å²) in [5.74, 6) is 0.0384. The van der Waals surface area contributed by atoms with E-state index in [1.165, 1.54) is 0 Å². The molecule has 0 aromatic carbocycles. The molecule has 5 heteroatoms. The molecular formula is C13H22N2O3. The van der Waals surface area contributed by atoms with E-state index in [0.29, 0.717) is 6.54 Å². The molecule has 0 aliphatic carbocycles. The van der Waals surface area contributed by atoms with E-state index in [1.54, 1.807) is 0 Å². The minimum Gasteiger partial charge on any atom is -0.376 e. The number of carbonyl (C=O) groups excluding carboxylic acids is 1. The van der Waals surface area contributed by atoms with Gasteiger partial charge < -0.3 is 20.1 Å². The molecule has 3 fully saturated rings. The van der Waals surface area contributed by atoms with Gasteiger partial charge in [-0.15, -0.1) is 0 Å². The molecule has 3 aliphatic rings. The second-order valence-electron chi connectivity index (χ2n) is 5.67. The van der Waals surface area contributed by atoms with Gasteiger partial charge in [0.15, 0.2) is 0 Å². The molecule has 102 valence electrons. The van der Waals surface area contributed by atoms with Gasteiger partial charge in [0.05, 0.1) is 11.7 Å². The molecule has 0 aromatic rings. The van der Waals surface area contributed by atoms with E-state index < -0.39 is 0 Å². The van der Waals surface area contributed by atoms with Crippen molar-refractivity contribution >= 4 is 5.91 Å². The molecule has 0 unspecified atom stereocenters. The van der Waals surface area contributed by atoms with Crippen LogP contribution in [0.4, 0.5) is 0 Å². The second-order valence-corrected chi connectivity index (χ2v) is 5.67. The normalized spacial score (nSPS) is 34.2. The van der Waals surface area contributed by atoms with Gasteiger partial charge in [-0.3, -0.25) is 4.79 Å². The quantitative estimate of drug-likeness (QED) is 0.755. The van der Waals surface area contributed by atoms with E-state index in [2.05, 4.69) is 10.6 Å². The van der Waals surface area contributed by atoms with Crippen LogP contribution in [-0.2, 0) is 14.3 Å². The average Bonchev–Trinajstić information content (AvgIpc) is 2.87. The van der Waals surface area contributed by atoms with Crippen LogP contribution in [0.5, 0.6) is 0 Å². The predicted molar refractivity (Wildman–Crippen MR) is 66.3 cm³/mol. The van der Waals surface area contributed by atoms with Crippen molar-refractivity contribution in [3.8, 4) is 0 Å². The molecule has 1 amide bonds. The smallest absolute Gasteiger partial charge is 0.249 e. The van der Waals surface area contributed by atoms with Crippen LogP contribution >= 0.6 is 0 Å². The van der Waals surface area contributed by atoms with Crippen LogP contribution in [0.15, 0.2) is 0 Å². The topological polar surface area (TPSA) is 59.6 Å². The molecule has 18 heavy (non-hydrogen) atoms. The second kappa shape index (κ2) is 5.15. The number of carbonyl (C=O) groups is 1. The lowest BCUT2D eigenvalue weighted by Gasteiger charge is -2.47.